The third kappa shape index (κ3) is 3.80. The number of amides is 1. The van der Waals surface area contributed by atoms with E-state index in [1.807, 2.05) is 0 Å². The van der Waals surface area contributed by atoms with Gasteiger partial charge in [-0.1, -0.05) is 27.7 Å². The van der Waals surface area contributed by atoms with Crippen molar-refractivity contribution in [2.24, 2.45) is 11.7 Å². The van der Waals surface area contributed by atoms with Gasteiger partial charge in [0.15, 0.2) is 8.32 Å². The summed E-state index contributed by atoms with van der Waals surface area (Å²) >= 11 is 0. The number of primary amides is 1. The van der Waals surface area contributed by atoms with Gasteiger partial charge in [-0.05, 0) is 18.1 Å². The van der Waals surface area contributed by atoms with Gasteiger partial charge in [-0.15, -0.1) is 0 Å². The van der Waals surface area contributed by atoms with Crippen LogP contribution in [-0.4, -0.2) is 20.8 Å². The fraction of sp³-hybridized carbons (Fsp3) is 0.900. The van der Waals surface area contributed by atoms with E-state index >= 15 is 0 Å². The van der Waals surface area contributed by atoms with Crippen molar-refractivity contribution in [1.82, 2.24) is 0 Å². The predicted molar refractivity (Wildman–Crippen MR) is 61.5 cm³/mol. The van der Waals surface area contributed by atoms with Crippen molar-refractivity contribution in [2.75, 3.05) is 6.61 Å². The van der Waals surface area contributed by atoms with Gasteiger partial charge >= 0.3 is 0 Å². The minimum atomic E-state index is -1.72. The van der Waals surface area contributed by atoms with Crippen LogP contribution in [0.3, 0.4) is 0 Å². The summed E-state index contributed by atoms with van der Waals surface area (Å²) in [6, 6.07) is 0. The molecule has 84 valence electrons. The third-order valence-electron chi connectivity index (χ3n) is 2.99. The van der Waals surface area contributed by atoms with Crippen molar-refractivity contribution in [3.05, 3.63) is 0 Å². The van der Waals surface area contributed by atoms with Gasteiger partial charge in [-0.2, -0.15) is 0 Å². The normalized spacial score (nSPS) is 15.3. The van der Waals surface area contributed by atoms with E-state index in [4.69, 9.17) is 10.2 Å². The average molecular weight is 217 g/mol. The Labute approximate surface area is 88.1 Å². The lowest BCUT2D eigenvalue weighted by atomic mass is 10.2. The quantitative estimate of drug-likeness (QED) is 0.733. The topological polar surface area (TPSA) is 52.3 Å². The van der Waals surface area contributed by atoms with Crippen molar-refractivity contribution in [1.29, 1.82) is 0 Å². The van der Waals surface area contributed by atoms with Crippen LogP contribution in [0, 0.1) is 5.92 Å². The van der Waals surface area contributed by atoms with Gasteiger partial charge in [-0.25, -0.2) is 0 Å². The molecule has 0 fully saturated rings. The van der Waals surface area contributed by atoms with Crippen molar-refractivity contribution in [2.45, 2.75) is 45.8 Å². The molecule has 0 aliphatic rings. The fourth-order valence-corrected chi connectivity index (χ4v) is 1.73. The van der Waals surface area contributed by atoms with E-state index in [0.717, 1.165) is 0 Å². The lowest BCUT2D eigenvalue weighted by Crippen LogP contribution is -2.42. The smallest absolute Gasteiger partial charge is 0.222 e. The van der Waals surface area contributed by atoms with E-state index < -0.39 is 8.32 Å². The van der Waals surface area contributed by atoms with E-state index in [2.05, 4.69) is 33.9 Å². The first-order chi connectivity index (χ1) is 6.08. The third-order valence-corrected chi connectivity index (χ3v) is 7.49. The summed E-state index contributed by atoms with van der Waals surface area (Å²) in [6.45, 7) is 13.1. The molecule has 3 nitrogen and oxygen atoms in total. The lowest BCUT2D eigenvalue weighted by molar-refractivity contribution is -0.122. The van der Waals surface area contributed by atoms with Gasteiger partial charge in [0.2, 0.25) is 5.91 Å². The molecule has 0 saturated heterocycles. The number of nitrogens with two attached hydrogens (primary N) is 1. The van der Waals surface area contributed by atoms with Crippen LogP contribution in [0.25, 0.3) is 0 Å². The van der Waals surface area contributed by atoms with Crippen LogP contribution in [0.1, 0.15) is 27.7 Å². The van der Waals surface area contributed by atoms with Crippen LogP contribution in [-0.2, 0) is 9.22 Å². The second-order valence-electron chi connectivity index (χ2n) is 5.37. The molecule has 0 rings (SSSR count). The van der Waals surface area contributed by atoms with Crippen molar-refractivity contribution in [3.8, 4) is 0 Å². The molecular weight excluding hydrogens is 194 g/mol. The number of carbonyl (C=O) groups excluding carboxylic acids is 1. The molecular formula is C10H23NO2Si. The molecule has 1 amide bonds. The summed E-state index contributed by atoms with van der Waals surface area (Å²) in [7, 11) is -1.72. The highest BCUT2D eigenvalue weighted by Crippen LogP contribution is 2.36. The van der Waals surface area contributed by atoms with Crippen molar-refractivity contribution >= 4 is 14.2 Å². The zero-order valence-electron chi connectivity index (χ0n) is 10.2. The number of rotatable bonds is 4. The molecule has 0 aliphatic carbocycles. The Morgan fingerprint density at radius 2 is 1.86 bits per heavy atom. The van der Waals surface area contributed by atoms with Gasteiger partial charge in [0, 0.05) is 6.61 Å². The fourth-order valence-electron chi connectivity index (χ4n) is 0.632. The minimum Gasteiger partial charge on any atom is -0.416 e. The van der Waals surface area contributed by atoms with E-state index in [9.17, 15) is 4.79 Å². The molecule has 2 N–H and O–H groups in total. The highest BCUT2D eigenvalue weighted by molar-refractivity contribution is 6.74. The molecule has 0 bridgehead atoms. The molecule has 0 saturated carbocycles. The maximum Gasteiger partial charge on any atom is 0.222 e. The first-order valence-corrected chi connectivity index (χ1v) is 7.92. The van der Waals surface area contributed by atoms with Gasteiger partial charge in [0.1, 0.15) is 0 Å². The number of hydrogen-bond donors (Lipinski definition) is 1. The zero-order chi connectivity index (χ0) is 11.6. The molecule has 0 heterocycles. The van der Waals surface area contributed by atoms with E-state index in [0.29, 0.717) is 6.61 Å². The molecule has 4 heteroatoms. The van der Waals surface area contributed by atoms with Gasteiger partial charge < -0.3 is 10.2 Å². The minimum absolute atomic E-state index is 0.185. The molecule has 1 unspecified atom stereocenters. The molecule has 0 aromatic carbocycles. The second-order valence-corrected chi connectivity index (χ2v) is 10.2. The molecule has 0 radical (unpaired) electrons. The molecule has 14 heavy (non-hydrogen) atoms. The van der Waals surface area contributed by atoms with E-state index in [1.54, 1.807) is 6.92 Å². The summed E-state index contributed by atoms with van der Waals surface area (Å²) in [5.74, 6) is -0.479. The first kappa shape index (κ1) is 13.6. The number of carbonyl (C=O) groups is 1. The Morgan fingerprint density at radius 3 is 2.14 bits per heavy atom. The summed E-state index contributed by atoms with van der Waals surface area (Å²) in [5, 5.41) is 0.185. The molecule has 1 atom stereocenters. The van der Waals surface area contributed by atoms with Crippen LogP contribution < -0.4 is 5.73 Å². The second kappa shape index (κ2) is 4.44. The molecule has 0 spiro atoms. The monoisotopic (exact) mass is 217 g/mol. The van der Waals surface area contributed by atoms with Crippen molar-refractivity contribution < 1.29 is 9.22 Å². The van der Waals surface area contributed by atoms with Gasteiger partial charge in [0.25, 0.3) is 0 Å². The van der Waals surface area contributed by atoms with Gasteiger partial charge in [0.05, 0.1) is 5.92 Å². The molecule has 0 aliphatic heterocycles. The largest absolute Gasteiger partial charge is 0.416 e. The standard InChI is InChI=1S/C10H23NO2Si/c1-8(9(11)12)7-13-14(5,6)10(2,3)4/h8H,7H2,1-6H3,(H2,11,12). The molecule has 0 aromatic rings. The Morgan fingerprint density at radius 1 is 1.43 bits per heavy atom. The Bertz CT molecular complexity index is 209. The van der Waals surface area contributed by atoms with Crippen molar-refractivity contribution in [3.63, 3.8) is 0 Å². The van der Waals surface area contributed by atoms with Crippen LogP contribution in [0.5, 0.6) is 0 Å². The number of hydrogen-bond acceptors (Lipinski definition) is 2. The zero-order valence-corrected chi connectivity index (χ0v) is 11.2. The van der Waals surface area contributed by atoms with E-state index in [-0.39, 0.29) is 16.9 Å². The lowest BCUT2D eigenvalue weighted by Gasteiger charge is -2.36. The summed E-state index contributed by atoms with van der Waals surface area (Å²) in [4.78, 5) is 10.8. The van der Waals surface area contributed by atoms with Crippen LogP contribution >= 0.6 is 0 Å². The average Bonchev–Trinajstić information content (AvgIpc) is 1.97. The van der Waals surface area contributed by atoms with Crippen LogP contribution in [0.4, 0.5) is 0 Å². The summed E-state index contributed by atoms with van der Waals surface area (Å²) in [5.41, 5.74) is 5.17. The highest BCUT2D eigenvalue weighted by atomic mass is 28.4. The summed E-state index contributed by atoms with van der Waals surface area (Å²) in [6.07, 6.45) is 0. The summed E-state index contributed by atoms with van der Waals surface area (Å²) < 4.78 is 5.86. The van der Waals surface area contributed by atoms with Crippen LogP contribution in [0.15, 0.2) is 0 Å². The maximum atomic E-state index is 10.8. The highest BCUT2D eigenvalue weighted by Gasteiger charge is 2.37. The predicted octanol–water partition coefficient (Wildman–Crippen LogP) is 2.13. The van der Waals surface area contributed by atoms with Gasteiger partial charge in [-0.3, -0.25) is 4.79 Å². The van der Waals surface area contributed by atoms with Crippen LogP contribution in [0.2, 0.25) is 18.1 Å². The Kier molecular flexibility index (Phi) is 4.33. The Hall–Kier alpha value is -0.353. The Balaban J connectivity index is 4.20. The first-order valence-electron chi connectivity index (χ1n) is 5.01. The van der Waals surface area contributed by atoms with E-state index in [1.165, 1.54) is 0 Å². The molecule has 0 aromatic heterocycles. The maximum absolute atomic E-state index is 10.8. The SMILES string of the molecule is CC(CO[Si](C)(C)C(C)(C)C)C(N)=O.